The van der Waals surface area contributed by atoms with Crippen LogP contribution in [0.5, 0.6) is 0 Å². The maximum atomic E-state index is 12.1. The number of nitrogens with two attached hydrogens (primary N) is 1. The molecule has 0 aromatic carbocycles. The fraction of sp³-hybridized carbons (Fsp3) is 0.333. The summed E-state index contributed by atoms with van der Waals surface area (Å²) in [5.74, 6) is -0.833. The van der Waals surface area contributed by atoms with Crippen molar-refractivity contribution in [1.29, 1.82) is 0 Å². The molecular weight excluding hydrogens is 261 g/mol. The number of alkyl halides is 3. The zero-order chi connectivity index (χ0) is 13.6. The van der Waals surface area contributed by atoms with Gasteiger partial charge in [0.2, 0.25) is 0 Å². The Hall–Kier alpha value is -1.34. The number of carboxylic acid groups (broad SMARTS) is 1. The van der Waals surface area contributed by atoms with Crippen molar-refractivity contribution in [2.45, 2.75) is 19.6 Å². The first-order chi connectivity index (χ1) is 7.68. The zero-order valence-corrected chi connectivity index (χ0v) is 9.51. The van der Waals surface area contributed by atoms with Gasteiger partial charge < -0.3 is 10.8 Å². The molecule has 0 saturated heterocycles. The standard InChI is InChI=1S/C7H6ClF3N2.C2H4O2/c8-5-1-4(7(9,10)11)3-13-6(5)2-12;1-2(3)4/h1,3H,2,12H2;1H3,(H,3,4). The van der Waals surface area contributed by atoms with Crippen molar-refractivity contribution in [2.24, 2.45) is 5.73 Å². The molecule has 1 aromatic rings. The van der Waals surface area contributed by atoms with Crippen molar-refractivity contribution < 1.29 is 23.1 Å². The summed E-state index contributed by atoms with van der Waals surface area (Å²) in [6, 6.07) is 0.816. The molecule has 0 amide bonds. The Morgan fingerprint density at radius 3 is 2.35 bits per heavy atom. The minimum absolute atomic E-state index is 0.0248. The molecule has 0 unspecified atom stereocenters. The monoisotopic (exact) mass is 270 g/mol. The normalized spacial score (nSPS) is 10.5. The third-order valence-corrected chi connectivity index (χ3v) is 1.77. The average molecular weight is 271 g/mol. The molecule has 0 aliphatic rings. The quantitative estimate of drug-likeness (QED) is 0.821. The van der Waals surface area contributed by atoms with E-state index in [1.807, 2.05) is 0 Å². The largest absolute Gasteiger partial charge is 0.481 e. The maximum absolute atomic E-state index is 12.1. The second-order valence-corrected chi connectivity index (χ2v) is 3.28. The smallest absolute Gasteiger partial charge is 0.417 e. The van der Waals surface area contributed by atoms with E-state index < -0.39 is 17.7 Å². The number of halogens is 4. The molecule has 3 N–H and O–H groups in total. The summed E-state index contributed by atoms with van der Waals surface area (Å²) >= 11 is 5.49. The molecule has 0 aliphatic heterocycles. The lowest BCUT2D eigenvalue weighted by Gasteiger charge is -2.07. The number of aliphatic carboxylic acids is 1. The lowest BCUT2D eigenvalue weighted by Crippen LogP contribution is -2.08. The van der Waals surface area contributed by atoms with Crippen LogP contribution in [0.3, 0.4) is 0 Å². The summed E-state index contributed by atoms with van der Waals surface area (Å²) in [7, 11) is 0. The maximum Gasteiger partial charge on any atom is 0.417 e. The van der Waals surface area contributed by atoms with E-state index >= 15 is 0 Å². The van der Waals surface area contributed by atoms with Gasteiger partial charge in [0.15, 0.2) is 0 Å². The van der Waals surface area contributed by atoms with Gasteiger partial charge in [-0.15, -0.1) is 0 Å². The van der Waals surface area contributed by atoms with Crippen molar-refractivity contribution in [3.05, 3.63) is 28.5 Å². The molecule has 96 valence electrons. The Kier molecular flexibility index (Phi) is 5.90. The van der Waals surface area contributed by atoms with Gasteiger partial charge in [-0.05, 0) is 6.07 Å². The SMILES string of the molecule is CC(=O)O.NCc1ncc(C(F)(F)F)cc1Cl. The fourth-order valence-corrected chi connectivity index (χ4v) is 1.01. The fourth-order valence-electron chi connectivity index (χ4n) is 0.771. The molecule has 1 heterocycles. The number of rotatable bonds is 1. The van der Waals surface area contributed by atoms with Gasteiger partial charge in [-0.25, -0.2) is 0 Å². The molecule has 0 fully saturated rings. The van der Waals surface area contributed by atoms with Crippen LogP contribution in [0.25, 0.3) is 0 Å². The Morgan fingerprint density at radius 2 is 2.06 bits per heavy atom. The van der Waals surface area contributed by atoms with E-state index in [0.29, 0.717) is 6.20 Å². The van der Waals surface area contributed by atoms with Gasteiger partial charge in [0.25, 0.3) is 5.97 Å². The highest BCUT2D eigenvalue weighted by Gasteiger charge is 2.31. The number of aromatic nitrogens is 1. The van der Waals surface area contributed by atoms with Crippen LogP contribution in [0.2, 0.25) is 5.02 Å². The van der Waals surface area contributed by atoms with E-state index in [1.54, 1.807) is 0 Å². The molecule has 17 heavy (non-hydrogen) atoms. The van der Waals surface area contributed by atoms with E-state index in [-0.39, 0.29) is 17.3 Å². The summed E-state index contributed by atoms with van der Waals surface area (Å²) in [6.45, 7) is 1.11. The van der Waals surface area contributed by atoms with Gasteiger partial charge in [-0.3, -0.25) is 9.78 Å². The summed E-state index contributed by atoms with van der Waals surface area (Å²) in [6.07, 6.45) is -3.70. The van der Waals surface area contributed by atoms with Gasteiger partial charge >= 0.3 is 6.18 Å². The van der Waals surface area contributed by atoms with Gasteiger partial charge in [0.1, 0.15) is 0 Å². The van der Waals surface area contributed by atoms with Crippen LogP contribution in [-0.2, 0) is 17.5 Å². The summed E-state index contributed by atoms with van der Waals surface area (Å²) in [5.41, 5.74) is 4.57. The Labute approximate surface area is 100 Å². The van der Waals surface area contributed by atoms with Crippen LogP contribution in [-0.4, -0.2) is 16.1 Å². The molecule has 1 aromatic heterocycles. The first-order valence-electron chi connectivity index (χ1n) is 4.29. The molecule has 1 rings (SSSR count). The molecule has 4 nitrogen and oxygen atoms in total. The molecule has 0 bridgehead atoms. The third-order valence-electron chi connectivity index (χ3n) is 1.44. The van der Waals surface area contributed by atoms with Crippen molar-refractivity contribution >= 4 is 17.6 Å². The summed E-state index contributed by atoms with van der Waals surface area (Å²) < 4.78 is 36.2. The molecular formula is C9H10ClF3N2O2. The predicted molar refractivity (Wildman–Crippen MR) is 55.5 cm³/mol. The Morgan fingerprint density at radius 1 is 1.59 bits per heavy atom. The Bertz CT molecular complexity index is 392. The van der Waals surface area contributed by atoms with Gasteiger partial charge in [0.05, 0.1) is 16.3 Å². The number of carbonyl (C=O) groups is 1. The van der Waals surface area contributed by atoms with Crippen LogP contribution in [0.15, 0.2) is 12.3 Å². The zero-order valence-electron chi connectivity index (χ0n) is 8.75. The second-order valence-electron chi connectivity index (χ2n) is 2.87. The first-order valence-corrected chi connectivity index (χ1v) is 4.67. The molecule has 0 radical (unpaired) electrons. The highest BCUT2D eigenvalue weighted by atomic mass is 35.5. The topological polar surface area (TPSA) is 76.2 Å². The van der Waals surface area contributed by atoms with Crippen LogP contribution in [0.4, 0.5) is 13.2 Å². The molecule has 0 aliphatic carbocycles. The molecule has 0 atom stereocenters. The van der Waals surface area contributed by atoms with E-state index in [0.717, 1.165) is 13.0 Å². The van der Waals surface area contributed by atoms with Crippen LogP contribution in [0, 0.1) is 0 Å². The van der Waals surface area contributed by atoms with E-state index in [1.165, 1.54) is 0 Å². The highest BCUT2D eigenvalue weighted by Crippen LogP contribution is 2.30. The highest BCUT2D eigenvalue weighted by molar-refractivity contribution is 6.31. The molecule has 0 saturated carbocycles. The third kappa shape index (κ3) is 6.08. The Balaban J connectivity index is 0.000000557. The van der Waals surface area contributed by atoms with Gasteiger partial charge in [0, 0.05) is 19.7 Å². The number of carboxylic acids is 1. The first kappa shape index (κ1) is 15.7. The minimum Gasteiger partial charge on any atom is -0.481 e. The minimum atomic E-state index is -4.41. The number of hydrogen-bond donors (Lipinski definition) is 2. The number of hydrogen-bond acceptors (Lipinski definition) is 3. The van der Waals surface area contributed by atoms with Crippen molar-refractivity contribution in [3.63, 3.8) is 0 Å². The number of nitrogens with zero attached hydrogens (tertiary/aromatic N) is 1. The van der Waals surface area contributed by atoms with Crippen LogP contribution < -0.4 is 5.73 Å². The van der Waals surface area contributed by atoms with Gasteiger partial charge in [-0.2, -0.15) is 13.2 Å². The summed E-state index contributed by atoms with van der Waals surface area (Å²) in [4.78, 5) is 12.5. The van der Waals surface area contributed by atoms with Crippen LogP contribution in [0.1, 0.15) is 18.2 Å². The molecule has 8 heteroatoms. The van der Waals surface area contributed by atoms with Gasteiger partial charge in [-0.1, -0.05) is 11.6 Å². The molecule has 0 spiro atoms. The number of pyridine rings is 1. The van der Waals surface area contributed by atoms with Crippen molar-refractivity contribution in [3.8, 4) is 0 Å². The lowest BCUT2D eigenvalue weighted by atomic mass is 10.2. The predicted octanol–water partition coefficient (Wildman–Crippen LogP) is 2.30. The lowest BCUT2D eigenvalue weighted by molar-refractivity contribution is -0.138. The average Bonchev–Trinajstić information content (AvgIpc) is 2.15. The van der Waals surface area contributed by atoms with E-state index in [9.17, 15) is 13.2 Å². The van der Waals surface area contributed by atoms with E-state index in [2.05, 4.69) is 4.98 Å². The van der Waals surface area contributed by atoms with Crippen molar-refractivity contribution in [1.82, 2.24) is 4.98 Å². The second kappa shape index (κ2) is 6.41. The van der Waals surface area contributed by atoms with Crippen LogP contribution >= 0.6 is 11.6 Å². The summed E-state index contributed by atoms with van der Waals surface area (Å²) in [5, 5.41) is 7.36. The van der Waals surface area contributed by atoms with Crippen molar-refractivity contribution in [2.75, 3.05) is 0 Å². The van der Waals surface area contributed by atoms with E-state index in [4.69, 9.17) is 27.2 Å².